The molecule has 0 aliphatic heterocycles. The molecule has 9 heteroatoms. The largest absolute Gasteiger partial charge is 0.464 e. The van der Waals surface area contributed by atoms with Crippen LogP contribution in [0.1, 0.15) is 241 Å². The highest BCUT2D eigenvalue weighted by Crippen LogP contribution is 2.38. The Morgan fingerprint density at radius 1 is 0.583 bits per heavy atom. The van der Waals surface area contributed by atoms with Crippen LogP contribution in [0.3, 0.4) is 0 Å². The lowest BCUT2D eigenvalue weighted by molar-refractivity contribution is -0.146. The van der Waals surface area contributed by atoms with Gasteiger partial charge in [0.15, 0.2) is 0 Å². The first-order chi connectivity index (χ1) is 28.8. The molecule has 0 radical (unpaired) electrons. The molecule has 1 saturated carbocycles. The molecule has 0 aromatic heterocycles. The molecule has 0 aromatic rings. The van der Waals surface area contributed by atoms with Crippen molar-refractivity contribution in [1.82, 2.24) is 10.2 Å². The zero-order chi connectivity index (χ0) is 44.3. The number of methoxy groups -OCH3 is 1. The second-order valence-corrected chi connectivity index (χ2v) is 19.4. The molecule has 1 N–H and O–H groups in total. The van der Waals surface area contributed by atoms with Crippen molar-refractivity contribution in [3.8, 4) is 0 Å². The van der Waals surface area contributed by atoms with Gasteiger partial charge in [0.2, 0.25) is 11.8 Å². The fourth-order valence-electron chi connectivity index (χ4n) is 8.09. The van der Waals surface area contributed by atoms with E-state index in [1.54, 1.807) is 12.0 Å². The second-order valence-electron chi connectivity index (χ2n) is 19.4. The van der Waals surface area contributed by atoms with Crippen molar-refractivity contribution >= 4 is 23.6 Å². The van der Waals surface area contributed by atoms with Gasteiger partial charge in [0, 0.05) is 51.8 Å². The van der Waals surface area contributed by atoms with Crippen LogP contribution in [0, 0.1) is 11.8 Å². The molecule has 0 bridgehead atoms. The molecule has 1 aliphatic carbocycles. The highest BCUT2D eigenvalue weighted by molar-refractivity contribution is 5.84. The number of Topliss-reactive ketones (excluding diaryl/α,β-unsaturated/α-hetero) is 1. The summed E-state index contributed by atoms with van der Waals surface area (Å²) in [6, 6.07) is 0. The molecule has 1 aliphatic rings. The molecular weight excluding hydrogens is 753 g/mol. The van der Waals surface area contributed by atoms with Gasteiger partial charge in [-0.15, -0.1) is 0 Å². The Morgan fingerprint density at radius 3 is 1.60 bits per heavy atom. The van der Waals surface area contributed by atoms with E-state index in [1.165, 1.54) is 109 Å². The maximum Gasteiger partial charge on any atom is 0.305 e. The van der Waals surface area contributed by atoms with Crippen molar-refractivity contribution < 1.29 is 33.4 Å². The van der Waals surface area contributed by atoms with Crippen molar-refractivity contribution in [3.05, 3.63) is 0 Å². The molecule has 0 unspecified atom stereocenters. The van der Waals surface area contributed by atoms with E-state index in [9.17, 15) is 19.2 Å². The van der Waals surface area contributed by atoms with Crippen molar-refractivity contribution in [2.45, 2.75) is 252 Å². The molecule has 1 fully saturated rings. The molecule has 0 saturated heterocycles. The average Bonchev–Trinajstić information content (AvgIpc) is 3.19. The zero-order valence-electron chi connectivity index (χ0n) is 40.4. The van der Waals surface area contributed by atoms with Crippen molar-refractivity contribution in [2.24, 2.45) is 11.8 Å². The number of unbranched alkanes of at least 4 members (excludes halogenated alkanes) is 20. The third-order valence-corrected chi connectivity index (χ3v) is 12.9. The Kier molecular flexibility index (Phi) is 33.1. The van der Waals surface area contributed by atoms with Crippen molar-refractivity contribution in [2.75, 3.05) is 40.0 Å². The summed E-state index contributed by atoms with van der Waals surface area (Å²) in [4.78, 5) is 53.4. The first-order valence-electron chi connectivity index (χ1n) is 25.2. The summed E-state index contributed by atoms with van der Waals surface area (Å²) in [5.74, 6) is 0.538. The van der Waals surface area contributed by atoms with Gasteiger partial charge in [0.1, 0.15) is 12.4 Å². The topological polar surface area (TPSA) is 111 Å². The van der Waals surface area contributed by atoms with Gasteiger partial charge in [-0.05, 0) is 78.6 Å². The number of hydrogen-bond donors (Lipinski definition) is 1. The van der Waals surface area contributed by atoms with Gasteiger partial charge in [-0.25, -0.2) is 0 Å². The highest BCUT2D eigenvalue weighted by atomic mass is 16.5. The van der Waals surface area contributed by atoms with Gasteiger partial charge in [-0.2, -0.15) is 0 Å². The minimum absolute atomic E-state index is 0.0978. The molecule has 2 amide bonds. The van der Waals surface area contributed by atoms with Crippen molar-refractivity contribution in [1.29, 1.82) is 0 Å². The highest BCUT2D eigenvalue weighted by Gasteiger charge is 2.34. The number of nitrogens with one attached hydrogen (secondary N) is 1. The van der Waals surface area contributed by atoms with E-state index in [-0.39, 0.29) is 48.8 Å². The third kappa shape index (κ3) is 30.9. The van der Waals surface area contributed by atoms with E-state index in [4.69, 9.17) is 14.2 Å². The number of esters is 1. The number of carbonyl (C=O) groups excluding carboxylic acids is 4. The third-order valence-electron chi connectivity index (χ3n) is 12.9. The number of ether oxygens (including phenoxy) is 3. The van der Waals surface area contributed by atoms with Gasteiger partial charge in [0.05, 0.1) is 24.4 Å². The van der Waals surface area contributed by atoms with Crippen LogP contribution in [0.2, 0.25) is 0 Å². The second kappa shape index (κ2) is 35.5. The average molecular weight is 849 g/mol. The van der Waals surface area contributed by atoms with Crippen molar-refractivity contribution in [3.63, 3.8) is 0 Å². The Hall–Kier alpha value is -2.00. The molecule has 352 valence electrons. The predicted molar refractivity (Wildman–Crippen MR) is 248 cm³/mol. The van der Waals surface area contributed by atoms with Crippen LogP contribution in [0.5, 0.6) is 0 Å². The van der Waals surface area contributed by atoms with Gasteiger partial charge in [-0.1, -0.05) is 142 Å². The van der Waals surface area contributed by atoms with Gasteiger partial charge >= 0.3 is 5.97 Å². The molecule has 0 heterocycles. The number of carbonyl (C=O) groups is 4. The summed E-state index contributed by atoms with van der Waals surface area (Å²) < 4.78 is 17.1. The van der Waals surface area contributed by atoms with E-state index < -0.39 is 5.60 Å². The molecular formula is C51H96N2O7. The molecule has 0 aromatic carbocycles. The Balaban J connectivity index is 2.45. The molecule has 0 atom stereocenters. The summed E-state index contributed by atoms with van der Waals surface area (Å²) in [5, 5.41) is 2.96. The van der Waals surface area contributed by atoms with E-state index >= 15 is 0 Å². The fourth-order valence-corrected chi connectivity index (χ4v) is 8.09. The van der Waals surface area contributed by atoms with E-state index in [1.807, 2.05) is 27.7 Å². The van der Waals surface area contributed by atoms with Gasteiger partial charge < -0.3 is 24.4 Å². The first kappa shape index (κ1) is 56.0. The van der Waals surface area contributed by atoms with Gasteiger partial charge in [-0.3, -0.25) is 19.2 Å². The molecule has 1 rings (SSSR count). The van der Waals surface area contributed by atoms with E-state index in [2.05, 4.69) is 19.2 Å². The lowest BCUT2D eigenvalue weighted by atomic mass is 9.70. The lowest BCUT2D eigenvalue weighted by Gasteiger charge is -2.36. The normalized spacial score (nSPS) is 15.4. The van der Waals surface area contributed by atoms with E-state index in [0.29, 0.717) is 57.2 Å². The first-order valence-corrected chi connectivity index (χ1v) is 25.2. The number of rotatable bonds is 42. The Morgan fingerprint density at radius 2 is 1.08 bits per heavy atom. The maximum absolute atomic E-state index is 13.5. The van der Waals surface area contributed by atoms with Crippen LogP contribution in [-0.4, -0.2) is 79.6 Å². The Bertz CT molecular complexity index is 1100. The van der Waals surface area contributed by atoms with Crippen LogP contribution >= 0.6 is 0 Å². The predicted octanol–water partition coefficient (Wildman–Crippen LogP) is 12.6. The number of hydrogen-bond acceptors (Lipinski definition) is 7. The monoisotopic (exact) mass is 849 g/mol. The zero-order valence-corrected chi connectivity index (χ0v) is 40.4. The van der Waals surface area contributed by atoms with Crippen LogP contribution in [0.25, 0.3) is 0 Å². The molecule has 60 heavy (non-hydrogen) atoms. The summed E-state index contributed by atoms with van der Waals surface area (Å²) in [6.07, 6.45) is 33.0. The standard InChI is InChI=1S/C51H96N2O7/c1-8-10-12-14-16-18-20-22-24-26-28-30-46(54)45-42-44(43-45)34-38-53(39-41-59-49(57)31-29-27-25-23-21-19-17-15-13-11-9-2)48(56)33-32-47(55)52-37-35-51(5,6)60-40-36-50(3,4)58-7/h44-45H,8-43H2,1-7H3,(H,52,55). The van der Waals surface area contributed by atoms with Gasteiger partial charge in [0.25, 0.3) is 0 Å². The number of nitrogens with zero attached hydrogens (tertiary/aromatic N) is 1. The minimum Gasteiger partial charge on any atom is -0.464 e. The maximum atomic E-state index is 13.5. The van der Waals surface area contributed by atoms with Crippen LogP contribution in [-0.2, 0) is 33.4 Å². The van der Waals surface area contributed by atoms with Crippen LogP contribution in [0.15, 0.2) is 0 Å². The fraction of sp³-hybridized carbons (Fsp3) is 0.922. The summed E-state index contributed by atoms with van der Waals surface area (Å²) in [7, 11) is 1.70. The summed E-state index contributed by atoms with van der Waals surface area (Å²) >= 11 is 0. The number of ketones is 1. The SMILES string of the molecule is CCCCCCCCCCCCCC(=O)OCCN(CCC1CC(C(=O)CCCCCCCCCCCCC)C1)C(=O)CCC(=O)NCCC(C)(C)OCCC(C)(C)OC. The van der Waals surface area contributed by atoms with Crippen LogP contribution < -0.4 is 5.32 Å². The van der Waals surface area contributed by atoms with E-state index in [0.717, 1.165) is 57.8 Å². The Labute approximate surface area is 369 Å². The lowest BCUT2D eigenvalue weighted by Crippen LogP contribution is -2.39. The molecule has 9 nitrogen and oxygen atoms in total. The summed E-state index contributed by atoms with van der Waals surface area (Å²) in [5.41, 5.74) is -0.643. The summed E-state index contributed by atoms with van der Waals surface area (Å²) in [6.45, 7) is 14.7. The minimum atomic E-state index is -0.397. The van der Waals surface area contributed by atoms with Crippen LogP contribution in [0.4, 0.5) is 0 Å². The quantitative estimate of drug-likeness (QED) is 0.0481. The smallest absolute Gasteiger partial charge is 0.305 e. The number of amides is 2. The molecule has 0 spiro atoms.